The van der Waals surface area contributed by atoms with Crippen LogP contribution in [0.5, 0.6) is 0 Å². The second kappa shape index (κ2) is 9.09. The molecule has 0 bridgehead atoms. The number of rotatable bonds is 6. The topological polar surface area (TPSA) is 121 Å². The van der Waals surface area contributed by atoms with Crippen molar-refractivity contribution in [3.8, 4) is 0 Å². The van der Waals surface area contributed by atoms with Gasteiger partial charge in [0.2, 0.25) is 10.0 Å². The zero-order valence-electron chi connectivity index (χ0n) is 17.6. The van der Waals surface area contributed by atoms with Gasteiger partial charge in [0.1, 0.15) is 0 Å². The van der Waals surface area contributed by atoms with E-state index >= 15 is 0 Å². The van der Waals surface area contributed by atoms with Gasteiger partial charge in [-0.3, -0.25) is 9.89 Å². The van der Waals surface area contributed by atoms with E-state index in [0.29, 0.717) is 29.7 Å². The molecular formula is C22H24N4O5S. The molecule has 1 aliphatic heterocycles. The fourth-order valence-electron chi connectivity index (χ4n) is 3.60. The fraction of sp³-hybridized carbons (Fsp3) is 0.318. The average Bonchev–Trinajstić information content (AvgIpc) is 3.24. The summed E-state index contributed by atoms with van der Waals surface area (Å²) < 4.78 is 32.2. The molecule has 2 heterocycles. The summed E-state index contributed by atoms with van der Waals surface area (Å²) in [6, 6.07) is 13.1. The van der Waals surface area contributed by atoms with Crippen LogP contribution in [-0.2, 0) is 19.6 Å². The van der Waals surface area contributed by atoms with Gasteiger partial charge in [0, 0.05) is 24.2 Å². The summed E-state index contributed by atoms with van der Waals surface area (Å²) in [5, 5.41) is 9.96. The molecule has 2 N–H and O–H groups in total. The molecule has 1 unspecified atom stereocenters. The number of aromatic amines is 1. The molecule has 168 valence electrons. The smallest absolute Gasteiger partial charge is 0.360 e. The number of nitrogens with zero attached hydrogens (tertiary/aromatic N) is 2. The van der Waals surface area contributed by atoms with Gasteiger partial charge >= 0.3 is 5.97 Å². The Morgan fingerprint density at radius 2 is 1.75 bits per heavy atom. The first-order chi connectivity index (χ1) is 15.4. The van der Waals surface area contributed by atoms with Crippen molar-refractivity contribution in [1.82, 2.24) is 14.5 Å². The molecule has 0 spiro atoms. The summed E-state index contributed by atoms with van der Waals surface area (Å²) in [5.74, 6) is -1.25. The van der Waals surface area contributed by atoms with Crippen LogP contribution < -0.4 is 5.32 Å². The second-order valence-corrected chi connectivity index (χ2v) is 9.58. The van der Waals surface area contributed by atoms with E-state index in [4.69, 9.17) is 4.74 Å². The Labute approximate surface area is 185 Å². The Hall–Kier alpha value is -3.24. The molecule has 0 radical (unpaired) electrons. The van der Waals surface area contributed by atoms with Crippen molar-refractivity contribution in [2.45, 2.75) is 37.2 Å². The lowest BCUT2D eigenvalue weighted by atomic mass is 10.2. The Bertz CT molecular complexity index is 1230. The summed E-state index contributed by atoms with van der Waals surface area (Å²) in [4.78, 5) is 25.1. The summed E-state index contributed by atoms with van der Waals surface area (Å²) >= 11 is 0. The van der Waals surface area contributed by atoms with Crippen molar-refractivity contribution in [2.75, 3.05) is 18.4 Å². The van der Waals surface area contributed by atoms with Crippen LogP contribution in [0.25, 0.3) is 10.9 Å². The molecule has 1 aromatic heterocycles. The van der Waals surface area contributed by atoms with Gasteiger partial charge in [-0.2, -0.15) is 9.40 Å². The maximum Gasteiger partial charge on any atom is 0.360 e. The fourth-order valence-corrected chi connectivity index (χ4v) is 5.11. The minimum atomic E-state index is -3.54. The zero-order chi connectivity index (χ0) is 22.7. The van der Waals surface area contributed by atoms with Gasteiger partial charge < -0.3 is 10.1 Å². The molecule has 0 aliphatic carbocycles. The number of piperidine rings is 1. The van der Waals surface area contributed by atoms with Crippen molar-refractivity contribution >= 4 is 38.5 Å². The molecule has 1 aliphatic rings. The van der Waals surface area contributed by atoms with Crippen molar-refractivity contribution in [3.63, 3.8) is 0 Å². The van der Waals surface area contributed by atoms with E-state index in [1.807, 2.05) is 6.07 Å². The normalized spacial score (nSPS) is 15.9. The lowest BCUT2D eigenvalue weighted by Crippen LogP contribution is -2.35. The summed E-state index contributed by atoms with van der Waals surface area (Å²) in [6.45, 7) is 2.50. The predicted octanol–water partition coefficient (Wildman–Crippen LogP) is 2.92. The van der Waals surface area contributed by atoms with Gasteiger partial charge in [-0.25, -0.2) is 13.2 Å². The number of H-pyrrole nitrogens is 1. The van der Waals surface area contributed by atoms with Crippen LogP contribution in [-0.4, -0.2) is 54.0 Å². The molecule has 1 amide bonds. The minimum Gasteiger partial charge on any atom is -0.448 e. The molecule has 3 aromatic rings. The molecule has 4 rings (SSSR count). The number of sulfonamides is 1. The summed E-state index contributed by atoms with van der Waals surface area (Å²) in [5.41, 5.74) is 1.20. The summed E-state index contributed by atoms with van der Waals surface area (Å²) in [6.07, 6.45) is 1.68. The van der Waals surface area contributed by atoms with E-state index in [1.165, 1.54) is 35.5 Å². The van der Waals surface area contributed by atoms with Gasteiger partial charge in [-0.1, -0.05) is 24.6 Å². The molecule has 0 saturated carbocycles. The minimum absolute atomic E-state index is 0.104. The third kappa shape index (κ3) is 4.51. The molecule has 1 saturated heterocycles. The largest absolute Gasteiger partial charge is 0.448 e. The number of carbonyl (C=O) groups excluding carboxylic acids is 2. The number of fused-ring (bicyclic) bond motifs is 1. The Morgan fingerprint density at radius 3 is 2.47 bits per heavy atom. The van der Waals surface area contributed by atoms with Crippen LogP contribution in [0.3, 0.4) is 0 Å². The molecule has 10 heteroatoms. The number of nitrogens with one attached hydrogen (secondary N) is 2. The van der Waals surface area contributed by atoms with Crippen molar-refractivity contribution in [1.29, 1.82) is 0 Å². The number of para-hydroxylation sites is 1. The Morgan fingerprint density at radius 1 is 1.06 bits per heavy atom. The number of aromatic nitrogens is 2. The van der Waals surface area contributed by atoms with Crippen LogP contribution in [0.15, 0.2) is 53.4 Å². The van der Waals surface area contributed by atoms with Crippen LogP contribution in [0, 0.1) is 0 Å². The molecular weight excluding hydrogens is 432 g/mol. The van der Waals surface area contributed by atoms with Gasteiger partial charge in [0.15, 0.2) is 11.8 Å². The maximum atomic E-state index is 12.7. The highest BCUT2D eigenvalue weighted by atomic mass is 32.2. The van der Waals surface area contributed by atoms with Gasteiger partial charge in [0.05, 0.1) is 10.4 Å². The zero-order valence-corrected chi connectivity index (χ0v) is 18.4. The van der Waals surface area contributed by atoms with E-state index in [-0.39, 0.29) is 10.6 Å². The second-order valence-electron chi connectivity index (χ2n) is 7.64. The Kier molecular flexibility index (Phi) is 6.24. The van der Waals surface area contributed by atoms with Gasteiger partial charge in [-0.15, -0.1) is 0 Å². The number of benzene rings is 2. The quantitative estimate of drug-likeness (QED) is 0.550. The molecule has 1 fully saturated rings. The van der Waals surface area contributed by atoms with Crippen molar-refractivity contribution in [2.24, 2.45) is 0 Å². The van der Waals surface area contributed by atoms with E-state index in [9.17, 15) is 18.0 Å². The maximum absolute atomic E-state index is 12.7. The number of hydrogen-bond acceptors (Lipinski definition) is 6. The van der Waals surface area contributed by atoms with Crippen LogP contribution >= 0.6 is 0 Å². The highest BCUT2D eigenvalue weighted by Gasteiger charge is 2.26. The number of esters is 1. The van der Waals surface area contributed by atoms with E-state index in [1.54, 1.807) is 18.2 Å². The molecule has 2 aromatic carbocycles. The monoisotopic (exact) mass is 456 g/mol. The first-order valence-electron chi connectivity index (χ1n) is 10.4. The van der Waals surface area contributed by atoms with Gasteiger partial charge in [0.25, 0.3) is 5.91 Å². The highest BCUT2D eigenvalue weighted by molar-refractivity contribution is 7.89. The highest BCUT2D eigenvalue weighted by Crippen LogP contribution is 2.22. The lowest BCUT2D eigenvalue weighted by molar-refractivity contribution is -0.123. The number of amides is 1. The van der Waals surface area contributed by atoms with Gasteiger partial charge in [-0.05, 0) is 50.1 Å². The van der Waals surface area contributed by atoms with Crippen LogP contribution in [0.1, 0.15) is 36.7 Å². The van der Waals surface area contributed by atoms with Crippen LogP contribution in [0.2, 0.25) is 0 Å². The van der Waals surface area contributed by atoms with E-state index in [0.717, 1.165) is 19.3 Å². The van der Waals surface area contributed by atoms with Crippen molar-refractivity contribution in [3.05, 3.63) is 54.2 Å². The van der Waals surface area contributed by atoms with Crippen molar-refractivity contribution < 1.29 is 22.7 Å². The SMILES string of the molecule is CC(OC(=O)c1n[nH]c2ccccc12)C(=O)Nc1ccc(S(=O)(=O)N2CCCCC2)cc1. The predicted molar refractivity (Wildman–Crippen MR) is 119 cm³/mol. The number of anilines is 1. The molecule has 32 heavy (non-hydrogen) atoms. The average molecular weight is 457 g/mol. The third-order valence-corrected chi connectivity index (χ3v) is 7.30. The standard InChI is InChI=1S/C22H24N4O5S/c1-15(31-22(28)20-18-7-3-4-8-19(18)24-25-20)21(27)23-16-9-11-17(12-10-16)32(29,30)26-13-5-2-6-14-26/h3-4,7-12,15H,2,5-6,13-14H2,1H3,(H,23,27)(H,24,25). The first-order valence-corrected chi connectivity index (χ1v) is 11.9. The molecule has 1 atom stereocenters. The number of ether oxygens (including phenoxy) is 1. The van der Waals surface area contributed by atoms with E-state index < -0.39 is 28.0 Å². The van der Waals surface area contributed by atoms with Crippen LogP contribution in [0.4, 0.5) is 5.69 Å². The number of hydrogen-bond donors (Lipinski definition) is 2. The van der Waals surface area contributed by atoms with E-state index in [2.05, 4.69) is 15.5 Å². The third-order valence-electron chi connectivity index (χ3n) is 5.39. The first kappa shape index (κ1) is 22.0. The Balaban J connectivity index is 1.38. The number of carbonyl (C=O) groups is 2. The molecule has 9 nitrogen and oxygen atoms in total. The lowest BCUT2D eigenvalue weighted by Gasteiger charge is -2.25. The summed E-state index contributed by atoms with van der Waals surface area (Å²) in [7, 11) is -3.54.